The number of aryl methyl sites for hydroxylation is 1. The van der Waals surface area contributed by atoms with Gasteiger partial charge in [-0.2, -0.15) is 26.3 Å². The maximum Gasteiger partial charge on any atom is 0.416 e. The van der Waals surface area contributed by atoms with Gasteiger partial charge in [0.25, 0.3) is 5.91 Å². The molecule has 2 atom stereocenters. The van der Waals surface area contributed by atoms with E-state index in [4.69, 9.17) is 0 Å². The largest absolute Gasteiger partial charge is 0.416 e. The lowest BCUT2D eigenvalue weighted by atomic mass is 9.92. The number of hydrogen-bond donors (Lipinski definition) is 0. The molecule has 1 aromatic heterocycles. The zero-order chi connectivity index (χ0) is 29.4. The summed E-state index contributed by atoms with van der Waals surface area (Å²) < 4.78 is 80.7. The van der Waals surface area contributed by atoms with E-state index in [1.165, 1.54) is 0 Å². The number of hydrogen-bond acceptors (Lipinski definition) is 3. The van der Waals surface area contributed by atoms with Gasteiger partial charge in [-0.3, -0.25) is 9.59 Å². The molecular formula is C29H28F6N2O2S. The molecule has 0 unspecified atom stereocenters. The Bertz CT molecular complexity index is 1350. The van der Waals surface area contributed by atoms with Crippen LogP contribution in [0, 0.1) is 6.92 Å². The SMILES string of the molecule is CC[C@@H](C)N(CC(=O)N1CCc2sccc2[C@H]1c1ccc(C)cc1)C(=O)c1cc(C(F)(F)F)cc(C(F)(F)F)c1. The Morgan fingerprint density at radius 2 is 1.60 bits per heavy atom. The van der Waals surface area contributed by atoms with Crippen molar-refractivity contribution in [3.05, 3.63) is 92.2 Å². The predicted octanol–water partition coefficient (Wildman–Crippen LogP) is 7.51. The van der Waals surface area contributed by atoms with Crippen LogP contribution in [0.1, 0.15) is 69.4 Å². The van der Waals surface area contributed by atoms with E-state index in [0.29, 0.717) is 31.5 Å². The molecule has 1 aliphatic heterocycles. The van der Waals surface area contributed by atoms with Crippen LogP contribution in [0.15, 0.2) is 53.9 Å². The molecule has 0 bridgehead atoms. The summed E-state index contributed by atoms with van der Waals surface area (Å²) in [7, 11) is 0. The van der Waals surface area contributed by atoms with Gasteiger partial charge in [-0.15, -0.1) is 11.3 Å². The van der Waals surface area contributed by atoms with E-state index < -0.39 is 59.5 Å². The summed E-state index contributed by atoms with van der Waals surface area (Å²) >= 11 is 1.59. The Labute approximate surface area is 232 Å². The Balaban J connectivity index is 1.70. The highest BCUT2D eigenvalue weighted by atomic mass is 32.1. The quantitative estimate of drug-likeness (QED) is 0.282. The molecular weight excluding hydrogens is 554 g/mol. The third-order valence-corrected chi connectivity index (χ3v) is 8.20. The third-order valence-electron chi connectivity index (χ3n) is 7.20. The van der Waals surface area contributed by atoms with Crippen LogP contribution in [-0.2, 0) is 23.6 Å². The van der Waals surface area contributed by atoms with Crippen LogP contribution in [-0.4, -0.2) is 40.7 Å². The smallest absolute Gasteiger partial charge is 0.330 e. The summed E-state index contributed by atoms with van der Waals surface area (Å²) in [5, 5.41) is 1.95. The molecule has 0 fully saturated rings. The first-order chi connectivity index (χ1) is 18.7. The monoisotopic (exact) mass is 582 g/mol. The summed E-state index contributed by atoms with van der Waals surface area (Å²) in [5.41, 5.74) is -1.07. The number of benzene rings is 2. The number of nitrogens with zero attached hydrogens (tertiary/aromatic N) is 2. The van der Waals surface area contributed by atoms with E-state index in [-0.39, 0.29) is 6.07 Å². The second-order valence-corrected chi connectivity index (χ2v) is 10.9. The Hall–Kier alpha value is -3.34. The molecule has 0 saturated heterocycles. The molecule has 0 N–H and O–H groups in total. The maximum absolute atomic E-state index is 13.8. The van der Waals surface area contributed by atoms with Gasteiger partial charge in [-0.1, -0.05) is 36.8 Å². The van der Waals surface area contributed by atoms with Gasteiger partial charge < -0.3 is 9.80 Å². The van der Waals surface area contributed by atoms with Crippen molar-refractivity contribution in [2.45, 2.75) is 58.0 Å². The molecule has 11 heteroatoms. The highest BCUT2D eigenvalue weighted by molar-refractivity contribution is 7.10. The van der Waals surface area contributed by atoms with Crippen LogP contribution in [0.5, 0.6) is 0 Å². The average molecular weight is 583 g/mol. The number of halogens is 6. The lowest BCUT2D eigenvalue weighted by Gasteiger charge is -2.38. The zero-order valence-corrected chi connectivity index (χ0v) is 22.9. The molecule has 1 aliphatic rings. The van der Waals surface area contributed by atoms with Crippen LogP contribution in [0.4, 0.5) is 26.3 Å². The fourth-order valence-electron chi connectivity index (χ4n) is 4.82. The van der Waals surface area contributed by atoms with E-state index in [2.05, 4.69) is 0 Å². The molecule has 0 aliphatic carbocycles. The molecule has 0 spiro atoms. The zero-order valence-electron chi connectivity index (χ0n) is 22.1. The molecule has 3 aromatic rings. The van der Waals surface area contributed by atoms with Crippen molar-refractivity contribution < 1.29 is 35.9 Å². The minimum atomic E-state index is -5.10. The van der Waals surface area contributed by atoms with Crippen molar-refractivity contribution in [2.24, 2.45) is 0 Å². The Morgan fingerprint density at radius 3 is 2.15 bits per heavy atom. The number of fused-ring (bicyclic) bond motifs is 1. The standard InChI is InChI=1S/C29H28F6N2O2S/c1-4-18(3)37(27(39)20-13-21(28(30,31)32)15-22(14-20)29(33,34)35)16-25(38)36-11-9-24-23(10-12-40-24)26(36)19-7-5-17(2)6-8-19/h5-8,10,12-15,18,26H,4,9,11,16H2,1-3H3/t18-,26-/m1/s1. The van der Waals surface area contributed by atoms with E-state index >= 15 is 0 Å². The summed E-state index contributed by atoms with van der Waals surface area (Å²) in [5.74, 6) is -1.52. The highest BCUT2D eigenvalue weighted by Gasteiger charge is 2.39. The van der Waals surface area contributed by atoms with Crippen molar-refractivity contribution in [1.29, 1.82) is 0 Å². The fraction of sp³-hybridized carbons (Fsp3) is 0.379. The van der Waals surface area contributed by atoms with E-state index in [1.54, 1.807) is 30.1 Å². The molecule has 2 heterocycles. The van der Waals surface area contributed by atoms with Gasteiger partial charge >= 0.3 is 12.4 Å². The molecule has 2 amide bonds. The molecule has 4 rings (SSSR count). The first-order valence-corrected chi connectivity index (χ1v) is 13.6. The lowest BCUT2D eigenvalue weighted by Crippen LogP contribution is -2.49. The number of thiophene rings is 1. The van der Waals surface area contributed by atoms with Crippen LogP contribution < -0.4 is 0 Å². The van der Waals surface area contributed by atoms with Gasteiger partial charge in [0.2, 0.25) is 5.91 Å². The number of amides is 2. The van der Waals surface area contributed by atoms with Gasteiger partial charge in [0.05, 0.1) is 17.2 Å². The second kappa shape index (κ2) is 11.3. The topological polar surface area (TPSA) is 40.6 Å². The summed E-state index contributed by atoms with van der Waals surface area (Å²) in [4.78, 5) is 31.1. The Morgan fingerprint density at radius 1 is 1.00 bits per heavy atom. The summed E-state index contributed by atoms with van der Waals surface area (Å²) in [6.07, 6.45) is -9.26. The van der Waals surface area contributed by atoms with Crippen molar-refractivity contribution in [2.75, 3.05) is 13.1 Å². The van der Waals surface area contributed by atoms with E-state index in [1.807, 2.05) is 42.6 Å². The van der Waals surface area contributed by atoms with E-state index in [9.17, 15) is 35.9 Å². The van der Waals surface area contributed by atoms with Gasteiger partial charge in [-0.25, -0.2) is 0 Å². The van der Waals surface area contributed by atoms with E-state index in [0.717, 1.165) is 26.5 Å². The van der Waals surface area contributed by atoms with Crippen molar-refractivity contribution in [3.8, 4) is 0 Å². The highest BCUT2D eigenvalue weighted by Crippen LogP contribution is 2.39. The van der Waals surface area contributed by atoms with Crippen molar-refractivity contribution in [3.63, 3.8) is 0 Å². The first-order valence-electron chi connectivity index (χ1n) is 12.7. The molecule has 0 radical (unpaired) electrons. The van der Waals surface area contributed by atoms with Crippen LogP contribution in [0.2, 0.25) is 0 Å². The number of rotatable bonds is 6. The Kier molecular flexibility index (Phi) is 8.35. The first kappa shape index (κ1) is 29.6. The molecule has 0 saturated carbocycles. The third kappa shape index (κ3) is 6.19. The maximum atomic E-state index is 13.8. The van der Waals surface area contributed by atoms with Crippen LogP contribution in [0.3, 0.4) is 0 Å². The minimum Gasteiger partial charge on any atom is -0.330 e. The van der Waals surface area contributed by atoms with Gasteiger partial charge in [0, 0.05) is 23.0 Å². The normalized spacial score (nSPS) is 16.4. The fourth-order valence-corrected chi connectivity index (χ4v) is 5.73. The van der Waals surface area contributed by atoms with Gasteiger partial charge in [0.1, 0.15) is 6.54 Å². The number of carbonyl (C=O) groups excluding carboxylic acids is 2. The van der Waals surface area contributed by atoms with Crippen molar-refractivity contribution in [1.82, 2.24) is 9.80 Å². The van der Waals surface area contributed by atoms with Crippen molar-refractivity contribution >= 4 is 23.2 Å². The number of alkyl halides is 6. The molecule has 4 nitrogen and oxygen atoms in total. The average Bonchev–Trinajstić information content (AvgIpc) is 3.38. The lowest BCUT2D eigenvalue weighted by molar-refractivity contribution is -0.143. The molecule has 40 heavy (non-hydrogen) atoms. The predicted molar refractivity (Wildman–Crippen MR) is 140 cm³/mol. The summed E-state index contributed by atoms with van der Waals surface area (Å²) in [6.45, 7) is 5.13. The van der Waals surface area contributed by atoms with Gasteiger partial charge in [-0.05, 0) is 67.5 Å². The number of carbonyl (C=O) groups is 2. The van der Waals surface area contributed by atoms with Gasteiger partial charge in [0.15, 0.2) is 0 Å². The second-order valence-electron chi connectivity index (χ2n) is 9.93. The molecule has 214 valence electrons. The van der Waals surface area contributed by atoms with Crippen LogP contribution in [0.25, 0.3) is 0 Å². The summed E-state index contributed by atoms with van der Waals surface area (Å²) in [6, 6.07) is 9.39. The van der Waals surface area contributed by atoms with Crippen LogP contribution >= 0.6 is 11.3 Å². The minimum absolute atomic E-state index is 0.0200. The molecule has 2 aromatic carbocycles.